The summed E-state index contributed by atoms with van der Waals surface area (Å²) >= 11 is 5.85. The van der Waals surface area contributed by atoms with Gasteiger partial charge in [-0.3, -0.25) is 4.68 Å². The molecule has 8 heteroatoms. The Bertz CT molecular complexity index is 568. The van der Waals surface area contributed by atoms with Crippen molar-refractivity contribution in [2.75, 3.05) is 13.1 Å². The molecule has 1 aromatic rings. The topological polar surface area (TPSA) is 75.4 Å². The molecule has 1 aromatic heterocycles. The van der Waals surface area contributed by atoms with Crippen molar-refractivity contribution in [1.29, 1.82) is 0 Å². The van der Waals surface area contributed by atoms with Gasteiger partial charge in [0.2, 0.25) is 0 Å². The third kappa shape index (κ3) is 1.69. The first kappa shape index (κ1) is 12.4. The van der Waals surface area contributed by atoms with Gasteiger partial charge in [0, 0.05) is 20.1 Å². The number of halogens is 1. The Labute approximate surface area is 110 Å². The van der Waals surface area contributed by atoms with E-state index in [0.29, 0.717) is 0 Å². The van der Waals surface area contributed by atoms with Crippen molar-refractivity contribution >= 4 is 21.6 Å². The van der Waals surface area contributed by atoms with Gasteiger partial charge in [0.15, 0.2) is 5.03 Å². The molecule has 1 N–H and O–H groups in total. The fourth-order valence-electron chi connectivity index (χ4n) is 2.43. The molecule has 2 heterocycles. The minimum Gasteiger partial charge on any atom is -0.387 e. The van der Waals surface area contributed by atoms with Crippen LogP contribution in [-0.2, 0) is 17.1 Å². The Kier molecular flexibility index (Phi) is 2.54. The Morgan fingerprint density at radius 1 is 1.50 bits per heavy atom. The van der Waals surface area contributed by atoms with Crippen LogP contribution >= 0.6 is 11.6 Å². The number of hydrogen-bond acceptors (Lipinski definition) is 4. The van der Waals surface area contributed by atoms with Crippen molar-refractivity contribution in [3.63, 3.8) is 0 Å². The van der Waals surface area contributed by atoms with Crippen LogP contribution in [0.25, 0.3) is 0 Å². The zero-order valence-corrected chi connectivity index (χ0v) is 11.4. The number of sulfonamides is 1. The fourth-order valence-corrected chi connectivity index (χ4v) is 4.60. The van der Waals surface area contributed by atoms with Crippen LogP contribution in [0, 0.1) is 5.92 Å². The van der Waals surface area contributed by atoms with Gasteiger partial charge in [-0.2, -0.15) is 9.40 Å². The lowest BCUT2D eigenvalue weighted by molar-refractivity contribution is -0.0766. The number of aryl methyl sites for hydroxylation is 1. The Morgan fingerprint density at radius 3 is 2.56 bits per heavy atom. The number of nitrogens with zero attached hydrogens (tertiary/aromatic N) is 3. The molecule has 0 amide bonds. The molecule has 2 aliphatic rings. The Balaban J connectivity index is 1.85. The number of aliphatic hydroxyl groups is 1. The highest BCUT2D eigenvalue weighted by molar-refractivity contribution is 7.89. The van der Waals surface area contributed by atoms with Crippen LogP contribution in [0.2, 0.25) is 5.02 Å². The summed E-state index contributed by atoms with van der Waals surface area (Å²) in [4.78, 5) is 0. The van der Waals surface area contributed by atoms with Gasteiger partial charge in [-0.1, -0.05) is 11.6 Å². The van der Waals surface area contributed by atoms with Gasteiger partial charge >= 0.3 is 0 Å². The van der Waals surface area contributed by atoms with E-state index in [0.717, 1.165) is 12.8 Å². The second-order valence-electron chi connectivity index (χ2n) is 5.07. The van der Waals surface area contributed by atoms with Crippen LogP contribution in [0.1, 0.15) is 12.8 Å². The van der Waals surface area contributed by atoms with Gasteiger partial charge in [-0.25, -0.2) is 8.42 Å². The first-order valence-corrected chi connectivity index (χ1v) is 7.56. The molecule has 0 bridgehead atoms. The van der Waals surface area contributed by atoms with Crippen LogP contribution < -0.4 is 0 Å². The van der Waals surface area contributed by atoms with Crippen molar-refractivity contribution in [3.8, 4) is 0 Å². The molecular formula is C10H14ClN3O3S. The SMILES string of the molecule is Cn1ncc(Cl)c1S(=O)(=O)N1CC(O)(C2CC2)C1. The third-order valence-electron chi connectivity index (χ3n) is 3.66. The molecule has 1 saturated heterocycles. The maximum absolute atomic E-state index is 12.3. The highest BCUT2D eigenvalue weighted by Crippen LogP contribution is 2.46. The van der Waals surface area contributed by atoms with Gasteiger partial charge in [-0.15, -0.1) is 0 Å². The largest absolute Gasteiger partial charge is 0.387 e. The highest BCUT2D eigenvalue weighted by Gasteiger charge is 2.55. The van der Waals surface area contributed by atoms with Gasteiger partial charge < -0.3 is 5.11 Å². The van der Waals surface area contributed by atoms with Crippen LogP contribution in [0.3, 0.4) is 0 Å². The Morgan fingerprint density at radius 2 is 2.11 bits per heavy atom. The molecule has 3 rings (SSSR count). The molecule has 100 valence electrons. The molecule has 1 aliphatic carbocycles. The molecule has 18 heavy (non-hydrogen) atoms. The van der Waals surface area contributed by atoms with Crippen LogP contribution in [0.5, 0.6) is 0 Å². The van der Waals surface area contributed by atoms with Crippen molar-refractivity contribution in [2.24, 2.45) is 13.0 Å². The molecule has 0 radical (unpaired) electrons. The summed E-state index contributed by atoms with van der Waals surface area (Å²) in [6.07, 6.45) is 3.27. The number of hydrogen-bond donors (Lipinski definition) is 1. The average Bonchev–Trinajstić information content (AvgIpc) is 3.01. The molecular weight excluding hydrogens is 278 g/mol. The standard InChI is InChI=1S/C10H14ClN3O3S/c1-13-9(8(11)4-12-13)18(16,17)14-5-10(15,6-14)7-2-3-7/h4,7,15H,2-3,5-6H2,1H3. The lowest BCUT2D eigenvalue weighted by Gasteiger charge is -2.45. The maximum atomic E-state index is 12.3. The molecule has 0 unspecified atom stereocenters. The second kappa shape index (κ2) is 3.69. The lowest BCUT2D eigenvalue weighted by Crippen LogP contribution is -2.64. The molecule has 1 saturated carbocycles. The second-order valence-corrected chi connectivity index (χ2v) is 7.33. The van der Waals surface area contributed by atoms with Gasteiger partial charge in [0.25, 0.3) is 10.0 Å². The average molecular weight is 292 g/mol. The first-order chi connectivity index (χ1) is 8.34. The number of aromatic nitrogens is 2. The zero-order chi connectivity index (χ0) is 13.1. The van der Waals surface area contributed by atoms with E-state index in [-0.39, 0.29) is 29.1 Å². The van der Waals surface area contributed by atoms with Crippen molar-refractivity contribution < 1.29 is 13.5 Å². The summed E-state index contributed by atoms with van der Waals surface area (Å²) in [6, 6.07) is 0. The van der Waals surface area contributed by atoms with E-state index in [1.165, 1.54) is 22.2 Å². The predicted octanol–water partition coefficient (Wildman–Crippen LogP) is 0.219. The van der Waals surface area contributed by atoms with Crippen molar-refractivity contribution in [1.82, 2.24) is 14.1 Å². The summed E-state index contributed by atoms with van der Waals surface area (Å²) in [5.74, 6) is 0.256. The van der Waals surface area contributed by atoms with Crippen LogP contribution in [-0.4, -0.2) is 46.3 Å². The van der Waals surface area contributed by atoms with E-state index in [2.05, 4.69) is 5.10 Å². The molecule has 1 aliphatic heterocycles. The van der Waals surface area contributed by atoms with Gasteiger partial charge in [0.05, 0.1) is 16.8 Å². The van der Waals surface area contributed by atoms with E-state index in [9.17, 15) is 13.5 Å². The van der Waals surface area contributed by atoms with E-state index in [1.807, 2.05) is 0 Å². The van der Waals surface area contributed by atoms with Gasteiger partial charge in [-0.05, 0) is 18.8 Å². The Hall–Kier alpha value is -0.630. The molecule has 0 spiro atoms. The minimum absolute atomic E-state index is 0.0120. The highest BCUT2D eigenvalue weighted by atomic mass is 35.5. The zero-order valence-electron chi connectivity index (χ0n) is 9.87. The minimum atomic E-state index is -3.66. The van der Waals surface area contributed by atoms with Crippen LogP contribution in [0.15, 0.2) is 11.2 Å². The third-order valence-corrected chi connectivity index (χ3v) is 5.96. The molecule has 2 fully saturated rings. The molecule has 6 nitrogen and oxygen atoms in total. The van der Waals surface area contributed by atoms with E-state index < -0.39 is 15.6 Å². The normalized spacial score (nSPS) is 23.9. The summed E-state index contributed by atoms with van der Waals surface area (Å²) in [5.41, 5.74) is -0.835. The van der Waals surface area contributed by atoms with E-state index >= 15 is 0 Å². The lowest BCUT2D eigenvalue weighted by atomic mass is 9.91. The maximum Gasteiger partial charge on any atom is 0.261 e. The quantitative estimate of drug-likeness (QED) is 0.864. The smallest absolute Gasteiger partial charge is 0.261 e. The molecule has 0 atom stereocenters. The van der Waals surface area contributed by atoms with E-state index in [1.54, 1.807) is 0 Å². The monoisotopic (exact) mass is 291 g/mol. The van der Waals surface area contributed by atoms with Crippen LogP contribution in [0.4, 0.5) is 0 Å². The number of β-amino-alcohol motifs (C(OH)–C–C–N with tert-alkyl or cyclic N) is 1. The fraction of sp³-hybridized carbons (Fsp3) is 0.700. The molecule has 0 aromatic carbocycles. The van der Waals surface area contributed by atoms with Crippen molar-refractivity contribution in [2.45, 2.75) is 23.5 Å². The predicted molar refractivity (Wildman–Crippen MR) is 64.7 cm³/mol. The summed E-state index contributed by atoms with van der Waals surface area (Å²) in [5, 5.41) is 14.1. The summed E-state index contributed by atoms with van der Waals surface area (Å²) in [6.45, 7) is 0.309. The first-order valence-electron chi connectivity index (χ1n) is 5.75. The van der Waals surface area contributed by atoms with Crippen molar-refractivity contribution in [3.05, 3.63) is 11.2 Å². The summed E-state index contributed by atoms with van der Waals surface area (Å²) in [7, 11) is -2.12. The van der Waals surface area contributed by atoms with E-state index in [4.69, 9.17) is 11.6 Å². The summed E-state index contributed by atoms with van der Waals surface area (Å²) < 4.78 is 27.1. The van der Waals surface area contributed by atoms with Gasteiger partial charge in [0.1, 0.15) is 0 Å². The number of rotatable bonds is 3.